The first-order chi connectivity index (χ1) is 14.2. The average Bonchev–Trinajstić information content (AvgIpc) is 3.08. The minimum absolute atomic E-state index is 0.168. The van der Waals surface area contributed by atoms with E-state index in [0.29, 0.717) is 25.5 Å². The number of aryl methyl sites for hydroxylation is 1. The molecule has 1 N–H and O–H groups in total. The van der Waals surface area contributed by atoms with Crippen molar-refractivity contribution in [1.29, 1.82) is 0 Å². The molecule has 6 heteroatoms. The molecule has 2 aromatic carbocycles. The van der Waals surface area contributed by atoms with E-state index in [1.54, 1.807) is 6.92 Å². The maximum atomic E-state index is 11.5. The van der Waals surface area contributed by atoms with Crippen LogP contribution in [0.2, 0.25) is 0 Å². The molecule has 3 rings (SSSR count). The van der Waals surface area contributed by atoms with Crippen LogP contribution in [0.1, 0.15) is 50.6 Å². The van der Waals surface area contributed by atoms with Gasteiger partial charge in [0.05, 0.1) is 0 Å². The summed E-state index contributed by atoms with van der Waals surface area (Å²) in [6, 6.07) is 11.6. The predicted octanol–water partition coefficient (Wildman–Crippen LogP) is 5.04. The summed E-state index contributed by atoms with van der Waals surface area (Å²) >= 11 is 0. The smallest absolute Gasteiger partial charge is 0.333 e. The molecule has 1 atom stereocenters. The third-order valence-corrected chi connectivity index (χ3v) is 4.92. The van der Waals surface area contributed by atoms with Crippen LogP contribution < -0.4 is 4.74 Å². The largest absolute Gasteiger partial charge is 0.487 e. The van der Waals surface area contributed by atoms with Crippen LogP contribution in [0.25, 0.3) is 10.8 Å². The number of carboxylic acid groups (broad SMARTS) is 1. The fourth-order valence-corrected chi connectivity index (χ4v) is 3.28. The average molecular weight is 411 g/mol. The lowest BCUT2D eigenvalue weighted by Crippen LogP contribution is -2.26. The maximum Gasteiger partial charge on any atom is 0.333 e. The van der Waals surface area contributed by atoms with Crippen LogP contribution in [0.15, 0.2) is 40.8 Å². The second-order valence-electron chi connectivity index (χ2n) is 8.32. The number of nitrogens with zero attached hydrogens (tertiary/aromatic N) is 1. The summed E-state index contributed by atoms with van der Waals surface area (Å²) in [7, 11) is 0. The highest BCUT2D eigenvalue weighted by atomic mass is 16.5. The van der Waals surface area contributed by atoms with E-state index >= 15 is 0 Å². The summed E-state index contributed by atoms with van der Waals surface area (Å²) in [5.74, 6) is 1.20. The van der Waals surface area contributed by atoms with Gasteiger partial charge in [-0.05, 0) is 30.9 Å². The maximum absolute atomic E-state index is 11.5. The Bertz CT molecular complexity index is 1030. The molecule has 30 heavy (non-hydrogen) atoms. The zero-order valence-corrected chi connectivity index (χ0v) is 18.2. The molecule has 0 saturated carbocycles. The molecule has 0 saturated heterocycles. The number of rotatable bonds is 8. The van der Waals surface area contributed by atoms with Crippen LogP contribution in [-0.4, -0.2) is 28.8 Å². The van der Waals surface area contributed by atoms with Crippen LogP contribution in [0.4, 0.5) is 0 Å². The summed E-state index contributed by atoms with van der Waals surface area (Å²) in [4.78, 5) is 16.1. The summed E-state index contributed by atoms with van der Waals surface area (Å²) in [5, 5.41) is 11.3. The lowest BCUT2D eigenvalue weighted by atomic mass is 9.97. The fourth-order valence-electron chi connectivity index (χ4n) is 3.28. The summed E-state index contributed by atoms with van der Waals surface area (Å²) in [6.45, 7) is 10.5. The van der Waals surface area contributed by atoms with Gasteiger partial charge in [0, 0.05) is 23.8 Å². The van der Waals surface area contributed by atoms with E-state index in [9.17, 15) is 9.90 Å². The normalized spacial score (nSPS) is 12.8. The number of carbonyl (C=O) groups is 1. The van der Waals surface area contributed by atoms with Gasteiger partial charge >= 0.3 is 5.97 Å². The molecule has 0 aliphatic carbocycles. The van der Waals surface area contributed by atoms with E-state index in [-0.39, 0.29) is 5.41 Å². The van der Waals surface area contributed by atoms with Crippen LogP contribution in [0, 0.1) is 6.92 Å². The van der Waals surface area contributed by atoms with Gasteiger partial charge in [0.2, 0.25) is 0 Å². The second-order valence-corrected chi connectivity index (χ2v) is 8.32. The van der Waals surface area contributed by atoms with E-state index in [1.807, 2.05) is 43.3 Å². The van der Waals surface area contributed by atoms with Gasteiger partial charge in [-0.1, -0.05) is 51.1 Å². The molecule has 0 radical (unpaired) electrons. The number of hydrogen-bond acceptors (Lipinski definition) is 5. The highest BCUT2D eigenvalue weighted by Gasteiger charge is 2.23. The van der Waals surface area contributed by atoms with Gasteiger partial charge in [-0.3, -0.25) is 0 Å². The number of oxazole rings is 1. The Hall–Kier alpha value is -2.86. The van der Waals surface area contributed by atoms with Gasteiger partial charge in [-0.2, -0.15) is 0 Å². The fraction of sp³-hybridized carbons (Fsp3) is 0.417. The van der Waals surface area contributed by atoms with Crippen LogP contribution in [-0.2, 0) is 28.0 Å². The van der Waals surface area contributed by atoms with Crippen molar-refractivity contribution in [1.82, 2.24) is 4.98 Å². The highest BCUT2D eigenvalue weighted by molar-refractivity contribution is 5.91. The molecule has 0 aliphatic heterocycles. The Morgan fingerprint density at radius 3 is 2.47 bits per heavy atom. The van der Waals surface area contributed by atoms with Gasteiger partial charge < -0.3 is 19.0 Å². The molecule has 0 spiro atoms. The predicted molar refractivity (Wildman–Crippen MR) is 115 cm³/mol. The van der Waals surface area contributed by atoms with Gasteiger partial charge in [0.15, 0.2) is 12.0 Å². The van der Waals surface area contributed by atoms with Gasteiger partial charge in [0.1, 0.15) is 23.8 Å². The Balaban J connectivity index is 1.86. The molecule has 0 bridgehead atoms. The zero-order chi connectivity index (χ0) is 21.9. The Labute approximate surface area is 176 Å². The van der Waals surface area contributed by atoms with E-state index in [2.05, 4.69) is 25.8 Å². The third kappa shape index (κ3) is 4.82. The van der Waals surface area contributed by atoms with Crippen molar-refractivity contribution in [2.24, 2.45) is 0 Å². The number of aromatic nitrogens is 1. The number of hydrogen-bond donors (Lipinski definition) is 1. The molecule has 0 fully saturated rings. The lowest BCUT2D eigenvalue weighted by Gasteiger charge is -2.16. The Morgan fingerprint density at radius 2 is 1.87 bits per heavy atom. The zero-order valence-electron chi connectivity index (χ0n) is 18.2. The van der Waals surface area contributed by atoms with Crippen molar-refractivity contribution in [3.05, 3.63) is 59.3 Å². The molecule has 160 valence electrons. The number of carboxylic acids is 1. The minimum Gasteiger partial charge on any atom is -0.487 e. The summed E-state index contributed by atoms with van der Waals surface area (Å²) in [6.07, 6.45) is -0.583. The summed E-state index contributed by atoms with van der Waals surface area (Å²) in [5.41, 5.74) is 1.51. The first-order valence-electron chi connectivity index (χ1n) is 10.1. The molecular weight excluding hydrogens is 382 g/mol. The number of ether oxygens (including phenoxy) is 2. The molecule has 1 unspecified atom stereocenters. The van der Waals surface area contributed by atoms with E-state index in [0.717, 1.165) is 33.5 Å². The Kier molecular flexibility index (Phi) is 6.46. The molecule has 0 amide bonds. The monoisotopic (exact) mass is 411 g/mol. The number of aliphatic carboxylic acids is 1. The second kappa shape index (κ2) is 8.88. The molecule has 6 nitrogen and oxygen atoms in total. The van der Waals surface area contributed by atoms with Crippen LogP contribution in [0.3, 0.4) is 0 Å². The lowest BCUT2D eigenvalue weighted by molar-refractivity contribution is -0.149. The van der Waals surface area contributed by atoms with Crippen LogP contribution in [0.5, 0.6) is 5.75 Å². The molecular formula is C24H29NO5. The van der Waals surface area contributed by atoms with Gasteiger partial charge in [0.25, 0.3) is 0 Å². The molecule has 3 aromatic rings. The van der Waals surface area contributed by atoms with Crippen molar-refractivity contribution in [3.63, 3.8) is 0 Å². The van der Waals surface area contributed by atoms with Gasteiger partial charge in [-0.15, -0.1) is 0 Å². The van der Waals surface area contributed by atoms with E-state index in [4.69, 9.17) is 13.9 Å². The molecule has 0 aliphatic rings. The van der Waals surface area contributed by atoms with Crippen molar-refractivity contribution in [2.75, 3.05) is 6.61 Å². The third-order valence-electron chi connectivity index (χ3n) is 4.92. The standard InChI is InChI=1S/C24H29NO5/c1-6-28-21(22(26)27)13-16-11-12-20(18-10-8-7-9-17(16)18)29-14-19-15(2)30-23(25-19)24(3,4)5/h7-12,21H,6,13-14H2,1-5H3,(H,26,27). The molecule has 1 heterocycles. The van der Waals surface area contributed by atoms with Crippen LogP contribution >= 0.6 is 0 Å². The van der Waals surface area contributed by atoms with Crippen molar-refractivity contribution in [2.45, 2.75) is 59.2 Å². The first-order valence-corrected chi connectivity index (χ1v) is 10.1. The minimum atomic E-state index is -0.961. The van der Waals surface area contributed by atoms with E-state index in [1.165, 1.54) is 0 Å². The van der Waals surface area contributed by atoms with Crippen molar-refractivity contribution < 1.29 is 23.8 Å². The number of benzene rings is 2. The quantitative estimate of drug-likeness (QED) is 0.559. The topological polar surface area (TPSA) is 81.8 Å². The van der Waals surface area contributed by atoms with E-state index < -0.39 is 12.1 Å². The Morgan fingerprint density at radius 1 is 1.17 bits per heavy atom. The van der Waals surface area contributed by atoms with Gasteiger partial charge in [-0.25, -0.2) is 9.78 Å². The molecule has 1 aromatic heterocycles. The number of fused-ring (bicyclic) bond motifs is 1. The highest BCUT2D eigenvalue weighted by Crippen LogP contribution is 2.31. The SMILES string of the molecule is CCOC(Cc1ccc(OCc2nc(C(C)(C)C)oc2C)c2ccccc12)C(=O)O. The summed E-state index contributed by atoms with van der Waals surface area (Å²) < 4.78 is 17.3. The van der Waals surface area contributed by atoms with Crippen molar-refractivity contribution in [3.8, 4) is 5.75 Å². The van der Waals surface area contributed by atoms with Crippen molar-refractivity contribution >= 4 is 16.7 Å². The first kappa shape index (κ1) is 21.8.